The lowest BCUT2D eigenvalue weighted by atomic mass is 9.98. The van der Waals surface area contributed by atoms with E-state index in [1.807, 2.05) is 38.1 Å². The highest BCUT2D eigenvalue weighted by Crippen LogP contribution is 2.44. The molecule has 7 heteroatoms. The summed E-state index contributed by atoms with van der Waals surface area (Å²) in [5.41, 5.74) is 4.59. The highest BCUT2D eigenvalue weighted by atomic mass is 16.5. The molecule has 0 fully saturated rings. The van der Waals surface area contributed by atoms with Crippen LogP contribution in [0.1, 0.15) is 63.0 Å². The van der Waals surface area contributed by atoms with Gasteiger partial charge in [-0.2, -0.15) is 0 Å². The molecule has 0 aliphatic heterocycles. The van der Waals surface area contributed by atoms with Crippen LogP contribution in [0.3, 0.4) is 0 Å². The van der Waals surface area contributed by atoms with Crippen LogP contribution in [0.4, 0.5) is 4.79 Å². The molecule has 2 aromatic rings. The first-order chi connectivity index (χ1) is 16.5. The molecular weight excluding hydrogens is 432 g/mol. The van der Waals surface area contributed by atoms with Crippen molar-refractivity contribution in [2.45, 2.75) is 57.9 Å². The number of benzene rings is 2. The average Bonchev–Trinajstić information content (AvgIpc) is 3.16. The molecule has 1 atom stereocenters. The number of hydrogen-bond donors (Lipinski definition) is 2. The number of aliphatic carboxylic acids is 1. The van der Waals surface area contributed by atoms with Gasteiger partial charge in [-0.3, -0.25) is 9.59 Å². The quantitative estimate of drug-likeness (QED) is 0.438. The Balaban J connectivity index is 1.59. The molecular formula is C27H34N2O5. The summed E-state index contributed by atoms with van der Waals surface area (Å²) in [6, 6.07) is 15.6. The molecule has 34 heavy (non-hydrogen) atoms. The van der Waals surface area contributed by atoms with E-state index in [0.717, 1.165) is 28.7 Å². The number of alkyl carbamates (subject to hydrolysis) is 1. The summed E-state index contributed by atoms with van der Waals surface area (Å²) >= 11 is 0. The molecule has 0 radical (unpaired) electrons. The molecule has 0 aromatic heterocycles. The number of nitrogens with one attached hydrogen (secondary N) is 1. The molecule has 0 spiro atoms. The van der Waals surface area contributed by atoms with Crippen molar-refractivity contribution in [2.24, 2.45) is 0 Å². The number of carboxylic acid groups (broad SMARTS) is 1. The van der Waals surface area contributed by atoms with Crippen LogP contribution in [0, 0.1) is 0 Å². The Hall–Kier alpha value is -3.35. The van der Waals surface area contributed by atoms with Crippen molar-refractivity contribution < 1.29 is 24.2 Å². The number of likely N-dealkylation sites (N-methyl/N-ethyl adjacent to an activating group) is 1. The summed E-state index contributed by atoms with van der Waals surface area (Å²) in [5, 5.41) is 11.6. The monoisotopic (exact) mass is 466 g/mol. The average molecular weight is 467 g/mol. The lowest BCUT2D eigenvalue weighted by Gasteiger charge is -2.27. The normalized spacial score (nSPS) is 13.0. The number of fused-ring (bicyclic) bond motifs is 3. The number of unbranched alkanes of at least 4 members (excludes halogenated alkanes) is 1. The number of amides is 2. The standard InChI is InChI=1S/C27H34N2O5/c1-3-11-24(26(32)29(4-2)17-10-9-16-25(30)31)28-27(33)34-18-23-21-14-7-5-12-19(21)20-13-6-8-15-22(20)23/h5-8,12-15,23-24H,3-4,9-11,16-18H2,1-2H3,(H,28,33)(H,30,31)/t24-/m1/s1. The summed E-state index contributed by atoms with van der Waals surface area (Å²) < 4.78 is 5.62. The van der Waals surface area contributed by atoms with E-state index in [4.69, 9.17) is 9.84 Å². The first-order valence-electron chi connectivity index (χ1n) is 12.1. The minimum Gasteiger partial charge on any atom is -0.481 e. The van der Waals surface area contributed by atoms with Gasteiger partial charge in [0.15, 0.2) is 0 Å². The second kappa shape index (κ2) is 12.2. The molecule has 0 saturated heterocycles. The van der Waals surface area contributed by atoms with Gasteiger partial charge in [0.2, 0.25) is 5.91 Å². The number of ether oxygens (including phenoxy) is 1. The SMILES string of the molecule is CCC[C@@H](NC(=O)OCC1c2ccccc2-c2ccccc21)C(=O)N(CC)CCCCC(=O)O. The summed E-state index contributed by atoms with van der Waals surface area (Å²) in [7, 11) is 0. The number of carbonyl (C=O) groups is 3. The van der Waals surface area contributed by atoms with E-state index in [9.17, 15) is 14.4 Å². The van der Waals surface area contributed by atoms with Gasteiger partial charge in [-0.1, -0.05) is 61.9 Å². The maximum absolute atomic E-state index is 13.1. The molecule has 0 unspecified atom stereocenters. The van der Waals surface area contributed by atoms with E-state index >= 15 is 0 Å². The van der Waals surface area contributed by atoms with Gasteiger partial charge in [-0.15, -0.1) is 0 Å². The Morgan fingerprint density at radius 3 is 2.18 bits per heavy atom. The van der Waals surface area contributed by atoms with E-state index < -0.39 is 18.1 Å². The van der Waals surface area contributed by atoms with Crippen LogP contribution in [0.5, 0.6) is 0 Å². The second-order valence-electron chi connectivity index (χ2n) is 8.58. The fourth-order valence-electron chi connectivity index (χ4n) is 4.55. The zero-order valence-corrected chi connectivity index (χ0v) is 20.0. The highest BCUT2D eigenvalue weighted by Gasteiger charge is 2.30. The van der Waals surface area contributed by atoms with Crippen molar-refractivity contribution in [3.8, 4) is 11.1 Å². The van der Waals surface area contributed by atoms with Crippen LogP contribution < -0.4 is 5.32 Å². The lowest BCUT2D eigenvalue weighted by Crippen LogP contribution is -2.49. The minimum absolute atomic E-state index is 0.0418. The van der Waals surface area contributed by atoms with Crippen LogP contribution in [0.25, 0.3) is 11.1 Å². The van der Waals surface area contributed by atoms with Crippen LogP contribution in [0.2, 0.25) is 0 Å². The molecule has 0 heterocycles. The third-order valence-electron chi connectivity index (χ3n) is 6.27. The number of carbonyl (C=O) groups excluding carboxylic acids is 2. The first kappa shape index (κ1) is 25.3. The van der Waals surface area contributed by atoms with Gasteiger partial charge in [-0.25, -0.2) is 4.79 Å². The number of hydrogen-bond acceptors (Lipinski definition) is 4. The van der Waals surface area contributed by atoms with Crippen molar-refractivity contribution in [1.82, 2.24) is 10.2 Å². The Kier molecular flexibility index (Phi) is 9.08. The van der Waals surface area contributed by atoms with Crippen molar-refractivity contribution >= 4 is 18.0 Å². The predicted octanol–water partition coefficient (Wildman–Crippen LogP) is 4.80. The second-order valence-corrected chi connectivity index (χ2v) is 8.58. The maximum Gasteiger partial charge on any atom is 0.407 e. The van der Waals surface area contributed by atoms with E-state index in [1.165, 1.54) is 0 Å². The molecule has 2 amide bonds. The molecule has 0 bridgehead atoms. The van der Waals surface area contributed by atoms with Crippen LogP contribution >= 0.6 is 0 Å². The molecule has 2 aromatic carbocycles. The summed E-state index contributed by atoms with van der Waals surface area (Å²) in [6.45, 7) is 5.00. The van der Waals surface area contributed by atoms with Gasteiger partial charge in [0.25, 0.3) is 0 Å². The van der Waals surface area contributed by atoms with Gasteiger partial charge >= 0.3 is 12.1 Å². The van der Waals surface area contributed by atoms with Gasteiger partial charge in [0.1, 0.15) is 12.6 Å². The maximum atomic E-state index is 13.1. The molecule has 2 N–H and O–H groups in total. The van der Waals surface area contributed by atoms with E-state index in [0.29, 0.717) is 32.4 Å². The Labute approximate surface area is 201 Å². The van der Waals surface area contributed by atoms with Gasteiger partial charge in [0, 0.05) is 25.4 Å². The summed E-state index contributed by atoms with van der Waals surface area (Å²) in [6.07, 6.45) is 1.84. The predicted molar refractivity (Wildman–Crippen MR) is 131 cm³/mol. The Morgan fingerprint density at radius 1 is 1.00 bits per heavy atom. The zero-order valence-electron chi connectivity index (χ0n) is 20.0. The fraction of sp³-hybridized carbons (Fsp3) is 0.444. The molecule has 182 valence electrons. The number of nitrogens with zero attached hydrogens (tertiary/aromatic N) is 1. The molecule has 1 aliphatic rings. The van der Waals surface area contributed by atoms with Crippen LogP contribution in [0.15, 0.2) is 48.5 Å². The van der Waals surface area contributed by atoms with Crippen molar-refractivity contribution in [3.05, 3.63) is 59.7 Å². The van der Waals surface area contributed by atoms with E-state index in [1.54, 1.807) is 4.90 Å². The smallest absolute Gasteiger partial charge is 0.407 e. The topological polar surface area (TPSA) is 95.9 Å². The van der Waals surface area contributed by atoms with Crippen molar-refractivity contribution in [3.63, 3.8) is 0 Å². The van der Waals surface area contributed by atoms with Crippen molar-refractivity contribution in [2.75, 3.05) is 19.7 Å². The van der Waals surface area contributed by atoms with Gasteiger partial charge in [-0.05, 0) is 48.4 Å². The number of carboxylic acids is 1. The zero-order chi connectivity index (χ0) is 24.5. The van der Waals surface area contributed by atoms with Crippen LogP contribution in [-0.2, 0) is 14.3 Å². The lowest BCUT2D eigenvalue weighted by molar-refractivity contribution is -0.137. The van der Waals surface area contributed by atoms with Gasteiger partial charge < -0.3 is 20.1 Å². The third-order valence-corrected chi connectivity index (χ3v) is 6.27. The molecule has 7 nitrogen and oxygen atoms in total. The Morgan fingerprint density at radius 2 is 1.62 bits per heavy atom. The van der Waals surface area contributed by atoms with Crippen LogP contribution in [-0.4, -0.2) is 53.7 Å². The third kappa shape index (κ3) is 6.16. The molecule has 3 rings (SSSR count). The summed E-state index contributed by atoms with van der Waals surface area (Å²) in [4.78, 5) is 38.1. The van der Waals surface area contributed by atoms with E-state index in [-0.39, 0.29) is 24.9 Å². The summed E-state index contributed by atoms with van der Waals surface area (Å²) in [5.74, 6) is -1.04. The largest absolute Gasteiger partial charge is 0.481 e. The first-order valence-corrected chi connectivity index (χ1v) is 12.1. The fourth-order valence-corrected chi connectivity index (χ4v) is 4.55. The van der Waals surface area contributed by atoms with Gasteiger partial charge in [0.05, 0.1) is 0 Å². The minimum atomic E-state index is -0.838. The Bertz CT molecular complexity index is 961. The molecule has 1 aliphatic carbocycles. The van der Waals surface area contributed by atoms with E-state index in [2.05, 4.69) is 29.6 Å². The molecule has 0 saturated carbocycles. The van der Waals surface area contributed by atoms with Crippen molar-refractivity contribution in [1.29, 1.82) is 0 Å². The highest BCUT2D eigenvalue weighted by molar-refractivity contribution is 5.86. The number of rotatable bonds is 12.